The topological polar surface area (TPSA) is 40.2 Å². The molecule has 0 radical (unpaired) electrons. The molecule has 1 aromatic heterocycles. The quantitative estimate of drug-likeness (QED) is 0.860. The van der Waals surface area contributed by atoms with E-state index in [9.17, 15) is 0 Å². The minimum Gasteiger partial charge on any atom is -0.364 e. The van der Waals surface area contributed by atoms with E-state index in [0.717, 1.165) is 12.8 Å². The molecule has 1 unspecified atom stereocenters. The van der Waals surface area contributed by atoms with Crippen molar-refractivity contribution in [1.82, 2.24) is 4.57 Å². The van der Waals surface area contributed by atoms with E-state index in [4.69, 9.17) is 10.5 Å². The number of rotatable bonds is 5. The molecule has 0 aliphatic heterocycles. The highest BCUT2D eigenvalue weighted by atomic mass is 16.5. The summed E-state index contributed by atoms with van der Waals surface area (Å²) in [5.74, 6) is 0. The number of benzene rings is 1. The van der Waals surface area contributed by atoms with Gasteiger partial charge in [-0.15, -0.1) is 0 Å². The Morgan fingerprint density at radius 1 is 1.35 bits per heavy atom. The van der Waals surface area contributed by atoms with Gasteiger partial charge in [0.15, 0.2) is 0 Å². The normalized spacial score (nSPS) is 13.1. The number of para-hydroxylation sites is 1. The Kier molecular flexibility index (Phi) is 3.82. The molecule has 2 rings (SSSR count). The summed E-state index contributed by atoms with van der Waals surface area (Å²) < 4.78 is 7.34. The van der Waals surface area contributed by atoms with Gasteiger partial charge in [0.05, 0.1) is 5.52 Å². The van der Waals surface area contributed by atoms with Gasteiger partial charge < -0.3 is 15.0 Å². The number of nitrogens with zero attached hydrogens (tertiary/aromatic N) is 1. The lowest BCUT2D eigenvalue weighted by atomic mass is 10.0. The van der Waals surface area contributed by atoms with E-state index in [1.54, 1.807) is 7.11 Å². The van der Waals surface area contributed by atoms with E-state index in [1.165, 1.54) is 16.5 Å². The van der Waals surface area contributed by atoms with Gasteiger partial charge >= 0.3 is 0 Å². The monoisotopic (exact) mass is 232 g/mol. The maximum Gasteiger partial charge on any atom is 0.122 e. The zero-order valence-corrected chi connectivity index (χ0v) is 10.5. The van der Waals surface area contributed by atoms with Crippen molar-refractivity contribution in [3.05, 3.63) is 36.0 Å². The predicted octanol–water partition coefficient (Wildman–Crippen LogP) is 2.53. The van der Waals surface area contributed by atoms with Crippen molar-refractivity contribution >= 4 is 10.9 Å². The second kappa shape index (κ2) is 5.34. The van der Waals surface area contributed by atoms with Crippen molar-refractivity contribution < 1.29 is 4.74 Å². The first-order valence-electron chi connectivity index (χ1n) is 6.07. The number of aromatic nitrogens is 1. The Hall–Kier alpha value is -1.32. The molecule has 2 N–H and O–H groups in total. The third-order valence-electron chi connectivity index (χ3n) is 3.15. The van der Waals surface area contributed by atoms with Gasteiger partial charge in [-0.1, -0.05) is 25.1 Å². The van der Waals surface area contributed by atoms with Crippen LogP contribution in [0.15, 0.2) is 30.5 Å². The van der Waals surface area contributed by atoms with E-state index in [0.29, 0.717) is 6.73 Å². The van der Waals surface area contributed by atoms with Gasteiger partial charge in [-0.3, -0.25) is 0 Å². The Morgan fingerprint density at radius 3 is 2.88 bits per heavy atom. The predicted molar refractivity (Wildman–Crippen MR) is 70.9 cm³/mol. The van der Waals surface area contributed by atoms with Gasteiger partial charge in [0.25, 0.3) is 0 Å². The molecule has 17 heavy (non-hydrogen) atoms. The number of nitrogens with two attached hydrogens (primary N) is 1. The molecule has 3 nitrogen and oxygen atoms in total. The lowest BCUT2D eigenvalue weighted by Gasteiger charge is -2.12. The summed E-state index contributed by atoms with van der Waals surface area (Å²) >= 11 is 0. The Morgan fingerprint density at radius 2 is 2.18 bits per heavy atom. The van der Waals surface area contributed by atoms with Crippen LogP contribution in [0.5, 0.6) is 0 Å². The van der Waals surface area contributed by atoms with Crippen LogP contribution in [0.1, 0.15) is 18.9 Å². The first-order valence-corrected chi connectivity index (χ1v) is 6.07. The summed E-state index contributed by atoms with van der Waals surface area (Å²) in [5, 5.41) is 1.25. The summed E-state index contributed by atoms with van der Waals surface area (Å²) in [6.07, 6.45) is 3.98. The first-order chi connectivity index (χ1) is 8.26. The highest BCUT2D eigenvalue weighted by Gasteiger charge is 2.09. The minimum absolute atomic E-state index is 0.228. The SMILES string of the molecule is CCC(N)Cc1cccc2ccn(COC)c12. The average molecular weight is 232 g/mol. The molecule has 0 aliphatic rings. The largest absolute Gasteiger partial charge is 0.364 e. The molecule has 0 saturated heterocycles. The molecule has 0 spiro atoms. The van der Waals surface area contributed by atoms with Crippen LogP contribution >= 0.6 is 0 Å². The average Bonchev–Trinajstić information content (AvgIpc) is 2.74. The van der Waals surface area contributed by atoms with Crippen molar-refractivity contribution in [1.29, 1.82) is 0 Å². The van der Waals surface area contributed by atoms with Crippen LogP contribution in [0.3, 0.4) is 0 Å². The van der Waals surface area contributed by atoms with E-state index in [1.807, 2.05) is 0 Å². The lowest BCUT2D eigenvalue weighted by Crippen LogP contribution is -2.21. The molecule has 2 aromatic rings. The zero-order valence-electron chi connectivity index (χ0n) is 10.5. The Balaban J connectivity index is 2.42. The third kappa shape index (κ3) is 2.51. The fourth-order valence-corrected chi connectivity index (χ4v) is 2.18. The highest BCUT2D eigenvalue weighted by Crippen LogP contribution is 2.21. The van der Waals surface area contributed by atoms with E-state index >= 15 is 0 Å². The maximum atomic E-state index is 6.05. The summed E-state index contributed by atoms with van der Waals surface area (Å²) in [7, 11) is 1.71. The number of ether oxygens (including phenoxy) is 1. The molecule has 0 aliphatic carbocycles. The van der Waals surface area contributed by atoms with Gasteiger partial charge in [-0.25, -0.2) is 0 Å². The summed E-state index contributed by atoms with van der Waals surface area (Å²) in [4.78, 5) is 0. The number of hydrogen-bond acceptors (Lipinski definition) is 2. The molecule has 1 heterocycles. The highest BCUT2D eigenvalue weighted by molar-refractivity contribution is 5.83. The van der Waals surface area contributed by atoms with Crippen molar-refractivity contribution in [2.75, 3.05) is 7.11 Å². The van der Waals surface area contributed by atoms with Gasteiger partial charge in [0, 0.05) is 19.3 Å². The van der Waals surface area contributed by atoms with Crippen molar-refractivity contribution in [3.8, 4) is 0 Å². The molecular formula is C14H20N2O. The fourth-order valence-electron chi connectivity index (χ4n) is 2.18. The Bertz CT molecular complexity index is 490. The summed E-state index contributed by atoms with van der Waals surface area (Å²) in [6, 6.07) is 8.73. The van der Waals surface area contributed by atoms with Gasteiger partial charge in [0.2, 0.25) is 0 Å². The zero-order chi connectivity index (χ0) is 12.3. The Labute approximate surface area is 102 Å². The van der Waals surface area contributed by atoms with Crippen LogP contribution in [0.4, 0.5) is 0 Å². The minimum atomic E-state index is 0.228. The summed E-state index contributed by atoms with van der Waals surface area (Å²) in [6.45, 7) is 2.71. The van der Waals surface area contributed by atoms with Crippen molar-refractivity contribution in [2.24, 2.45) is 5.73 Å². The number of methoxy groups -OCH3 is 1. The molecule has 3 heteroatoms. The standard InChI is InChI=1S/C14H20N2O/c1-3-13(15)9-12-6-4-5-11-7-8-16(10-17-2)14(11)12/h4-8,13H,3,9-10,15H2,1-2H3. The maximum absolute atomic E-state index is 6.05. The van der Waals surface area contributed by atoms with Crippen LogP contribution in [-0.4, -0.2) is 17.7 Å². The van der Waals surface area contributed by atoms with Crippen LogP contribution in [0.2, 0.25) is 0 Å². The van der Waals surface area contributed by atoms with Crippen molar-refractivity contribution in [3.63, 3.8) is 0 Å². The molecule has 92 valence electrons. The lowest BCUT2D eigenvalue weighted by molar-refractivity contribution is 0.135. The molecule has 1 atom stereocenters. The molecular weight excluding hydrogens is 212 g/mol. The number of hydrogen-bond donors (Lipinski definition) is 1. The molecule has 0 saturated carbocycles. The summed E-state index contributed by atoms with van der Waals surface area (Å²) in [5.41, 5.74) is 8.60. The van der Waals surface area contributed by atoms with E-state index < -0.39 is 0 Å². The molecule has 1 aromatic carbocycles. The van der Waals surface area contributed by atoms with Crippen molar-refractivity contribution in [2.45, 2.75) is 32.5 Å². The first kappa shape index (κ1) is 12.1. The van der Waals surface area contributed by atoms with Crippen LogP contribution < -0.4 is 5.73 Å². The van der Waals surface area contributed by atoms with Crippen LogP contribution in [0.25, 0.3) is 10.9 Å². The second-order valence-electron chi connectivity index (χ2n) is 4.43. The second-order valence-corrected chi connectivity index (χ2v) is 4.43. The third-order valence-corrected chi connectivity index (χ3v) is 3.15. The smallest absolute Gasteiger partial charge is 0.122 e. The molecule has 0 amide bonds. The van der Waals surface area contributed by atoms with Gasteiger partial charge in [-0.05, 0) is 29.9 Å². The van der Waals surface area contributed by atoms with Crippen LogP contribution in [-0.2, 0) is 17.9 Å². The molecule has 0 bridgehead atoms. The van der Waals surface area contributed by atoms with Gasteiger partial charge in [0.1, 0.15) is 6.73 Å². The fraction of sp³-hybridized carbons (Fsp3) is 0.429. The number of fused-ring (bicyclic) bond motifs is 1. The van der Waals surface area contributed by atoms with E-state index in [-0.39, 0.29) is 6.04 Å². The van der Waals surface area contributed by atoms with Gasteiger partial charge in [-0.2, -0.15) is 0 Å². The van der Waals surface area contributed by atoms with Crippen LogP contribution in [0, 0.1) is 0 Å². The molecule has 0 fully saturated rings. The van der Waals surface area contributed by atoms with E-state index in [2.05, 4.69) is 42.0 Å².